The lowest BCUT2D eigenvalue weighted by molar-refractivity contribution is -0.140. The Morgan fingerprint density at radius 2 is 2.09 bits per heavy atom. The number of anilines is 1. The summed E-state index contributed by atoms with van der Waals surface area (Å²) in [6, 6.07) is 1.75. The predicted molar refractivity (Wildman–Crippen MR) is 119 cm³/mol. The Morgan fingerprint density at radius 3 is 2.74 bits per heavy atom. The van der Waals surface area contributed by atoms with E-state index in [0.717, 1.165) is 36.4 Å². The number of halogens is 4. The van der Waals surface area contributed by atoms with Crippen LogP contribution in [0.25, 0.3) is 0 Å². The van der Waals surface area contributed by atoms with Gasteiger partial charge in [0.05, 0.1) is 23.8 Å². The number of nitrogens with one attached hydrogen (secondary N) is 3. The molecule has 34 heavy (non-hydrogen) atoms. The zero-order valence-electron chi connectivity index (χ0n) is 19.0. The number of hydrogen-bond acceptors (Lipinski definition) is 5. The molecule has 0 spiro atoms. The Morgan fingerprint density at radius 1 is 1.29 bits per heavy atom. The summed E-state index contributed by atoms with van der Waals surface area (Å²) in [5.74, 6) is -0.861. The van der Waals surface area contributed by atoms with Gasteiger partial charge in [-0.05, 0) is 62.9 Å². The Bertz CT molecular complexity index is 1040. The number of urea groups is 1. The van der Waals surface area contributed by atoms with Crippen LogP contribution >= 0.6 is 0 Å². The molecule has 2 amide bonds. The number of hydrogen-bond donors (Lipinski definition) is 3. The monoisotopic (exact) mass is 480 g/mol. The fourth-order valence-electron chi connectivity index (χ4n) is 4.40. The fourth-order valence-corrected chi connectivity index (χ4v) is 4.40. The van der Waals surface area contributed by atoms with Crippen LogP contribution in [0.4, 0.5) is 28.3 Å². The lowest BCUT2D eigenvalue weighted by Gasteiger charge is -2.32. The first-order valence-electron chi connectivity index (χ1n) is 11.4. The molecular weight excluding hydrogens is 452 g/mol. The van der Waals surface area contributed by atoms with Gasteiger partial charge in [0.1, 0.15) is 5.82 Å². The molecule has 4 rings (SSSR count). The van der Waals surface area contributed by atoms with Gasteiger partial charge in [-0.1, -0.05) is 6.07 Å². The van der Waals surface area contributed by atoms with Crippen molar-refractivity contribution in [2.75, 3.05) is 18.4 Å². The summed E-state index contributed by atoms with van der Waals surface area (Å²) in [4.78, 5) is 23.6. The zero-order valence-corrected chi connectivity index (χ0v) is 19.0. The van der Waals surface area contributed by atoms with Crippen LogP contribution in [-0.2, 0) is 19.1 Å². The van der Waals surface area contributed by atoms with Crippen molar-refractivity contribution >= 4 is 12.0 Å². The van der Waals surface area contributed by atoms with Gasteiger partial charge in [0.15, 0.2) is 0 Å². The molecule has 0 bridgehead atoms. The second kappa shape index (κ2) is 9.73. The molecule has 0 saturated carbocycles. The SMILES string of the molecule is CC(C)Nc1ncc2c(n1)CN(C(=O)N[C@@H](c1ccc(C(F)(F)F)c(F)c1)[C@@H]1CCCN1)CC2. The van der Waals surface area contributed by atoms with Gasteiger partial charge >= 0.3 is 12.2 Å². The Balaban J connectivity index is 1.52. The maximum atomic E-state index is 14.3. The third kappa shape index (κ3) is 5.40. The third-order valence-electron chi connectivity index (χ3n) is 6.09. The third-order valence-corrected chi connectivity index (χ3v) is 6.09. The highest BCUT2D eigenvalue weighted by Crippen LogP contribution is 2.33. The number of alkyl halides is 3. The van der Waals surface area contributed by atoms with Crippen LogP contribution in [0.3, 0.4) is 0 Å². The van der Waals surface area contributed by atoms with E-state index in [2.05, 4.69) is 25.9 Å². The molecule has 1 fully saturated rings. The fraction of sp³-hybridized carbons (Fsp3) is 0.522. The Labute approximate surface area is 195 Å². The van der Waals surface area contributed by atoms with Crippen LogP contribution < -0.4 is 16.0 Å². The summed E-state index contributed by atoms with van der Waals surface area (Å²) in [6.45, 7) is 5.40. The molecule has 3 N–H and O–H groups in total. The van der Waals surface area contributed by atoms with E-state index >= 15 is 0 Å². The molecular formula is C23H28F4N6O. The molecule has 1 aromatic carbocycles. The van der Waals surface area contributed by atoms with Crippen LogP contribution in [0.15, 0.2) is 24.4 Å². The molecule has 0 unspecified atom stereocenters. The van der Waals surface area contributed by atoms with E-state index in [4.69, 9.17) is 0 Å². The standard InChI is InChI=1S/C23H28F4N6O/c1-13(2)30-21-29-11-15-7-9-33(12-19(15)31-21)22(34)32-20(18-4-3-8-28-18)14-5-6-16(17(24)10-14)23(25,26)27/h5-6,10-11,13,18,20,28H,3-4,7-9,12H2,1-2H3,(H,32,34)(H,29,30,31)/t18-,20-/m0/s1. The highest BCUT2D eigenvalue weighted by Gasteiger charge is 2.36. The normalized spacial score (nSPS) is 19.1. The summed E-state index contributed by atoms with van der Waals surface area (Å²) in [6.07, 6.45) is -0.850. The molecule has 7 nitrogen and oxygen atoms in total. The molecule has 0 radical (unpaired) electrons. The highest BCUT2D eigenvalue weighted by atomic mass is 19.4. The summed E-state index contributed by atoms with van der Waals surface area (Å²) >= 11 is 0. The van der Waals surface area contributed by atoms with Crippen molar-refractivity contribution in [1.29, 1.82) is 0 Å². The molecule has 2 atom stereocenters. The average Bonchev–Trinajstić information content (AvgIpc) is 3.30. The molecule has 11 heteroatoms. The van der Waals surface area contributed by atoms with Crippen molar-refractivity contribution in [2.24, 2.45) is 0 Å². The van der Waals surface area contributed by atoms with Crippen molar-refractivity contribution in [1.82, 2.24) is 25.5 Å². The summed E-state index contributed by atoms with van der Waals surface area (Å²) in [5, 5.41) is 9.33. The minimum Gasteiger partial charge on any atom is -0.352 e. The van der Waals surface area contributed by atoms with Crippen molar-refractivity contribution in [2.45, 2.75) is 64.0 Å². The summed E-state index contributed by atoms with van der Waals surface area (Å²) in [7, 11) is 0. The number of rotatable bonds is 5. The number of fused-ring (bicyclic) bond motifs is 1. The van der Waals surface area contributed by atoms with Gasteiger partial charge in [-0.25, -0.2) is 19.2 Å². The maximum Gasteiger partial charge on any atom is 0.419 e. The number of nitrogens with zero attached hydrogens (tertiary/aromatic N) is 3. The van der Waals surface area contributed by atoms with Gasteiger partial charge in [-0.15, -0.1) is 0 Å². The maximum absolute atomic E-state index is 14.3. The number of carbonyl (C=O) groups excluding carboxylic acids is 1. The second-order valence-electron chi connectivity index (χ2n) is 9.00. The smallest absolute Gasteiger partial charge is 0.352 e. The van der Waals surface area contributed by atoms with Gasteiger partial charge in [0, 0.05) is 24.8 Å². The van der Waals surface area contributed by atoms with Gasteiger partial charge in [0.2, 0.25) is 5.95 Å². The van der Waals surface area contributed by atoms with Crippen molar-refractivity contribution in [3.05, 3.63) is 52.6 Å². The van der Waals surface area contributed by atoms with Gasteiger partial charge in [-0.2, -0.15) is 13.2 Å². The summed E-state index contributed by atoms with van der Waals surface area (Å²) in [5.41, 5.74) is 0.688. The predicted octanol–water partition coefficient (Wildman–Crippen LogP) is 4.02. The highest BCUT2D eigenvalue weighted by molar-refractivity contribution is 5.75. The lowest BCUT2D eigenvalue weighted by atomic mass is 9.96. The molecule has 1 aromatic heterocycles. The minimum atomic E-state index is -4.78. The molecule has 2 aliphatic rings. The van der Waals surface area contributed by atoms with Crippen molar-refractivity contribution in [3.63, 3.8) is 0 Å². The van der Waals surface area contributed by atoms with E-state index < -0.39 is 23.6 Å². The van der Waals surface area contributed by atoms with Crippen molar-refractivity contribution < 1.29 is 22.4 Å². The molecule has 1 saturated heterocycles. The van der Waals surface area contributed by atoms with E-state index in [1.54, 1.807) is 11.1 Å². The van der Waals surface area contributed by atoms with Crippen LogP contribution in [-0.4, -0.2) is 46.1 Å². The zero-order chi connectivity index (χ0) is 24.5. The lowest BCUT2D eigenvalue weighted by Crippen LogP contribution is -2.48. The van der Waals surface area contributed by atoms with Crippen LogP contribution in [0.1, 0.15) is 55.1 Å². The second-order valence-corrected chi connectivity index (χ2v) is 9.00. The molecule has 2 aromatic rings. The average molecular weight is 481 g/mol. The van der Waals surface area contributed by atoms with Crippen LogP contribution in [0.2, 0.25) is 0 Å². The topological polar surface area (TPSA) is 82.2 Å². The Kier molecular flexibility index (Phi) is 6.92. The molecule has 2 aliphatic heterocycles. The van der Waals surface area contributed by atoms with Crippen LogP contribution in [0.5, 0.6) is 0 Å². The molecule has 184 valence electrons. The quantitative estimate of drug-likeness (QED) is 0.564. The molecule has 0 aliphatic carbocycles. The van der Waals surface area contributed by atoms with E-state index in [0.29, 0.717) is 30.9 Å². The Hall–Kier alpha value is -2.95. The van der Waals surface area contributed by atoms with E-state index in [1.165, 1.54) is 6.07 Å². The van der Waals surface area contributed by atoms with Gasteiger partial charge in [0.25, 0.3) is 0 Å². The number of aromatic nitrogens is 2. The van der Waals surface area contributed by atoms with Crippen molar-refractivity contribution in [3.8, 4) is 0 Å². The van der Waals surface area contributed by atoms with Crippen LogP contribution in [0, 0.1) is 5.82 Å². The number of amides is 2. The minimum absolute atomic E-state index is 0.157. The first-order chi connectivity index (χ1) is 16.1. The number of benzene rings is 1. The molecule has 3 heterocycles. The summed E-state index contributed by atoms with van der Waals surface area (Å²) < 4.78 is 53.3. The van der Waals surface area contributed by atoms with E-state index in [1.807, 2.05) is 13.8 Å². The van der Waals surface area contributed by atoms with Gasteiger partial charge in [-0.3, -0.25) is 0 Å². The number of carbonyl (C=O) groups is 1. The largest absolute Gasteiger partial charge is 0.419 e. The van der Waals surface area contributed by atoms with E-state index in [9.17, 15) is 22.4 Å². The first-order valence-corrected chi connectivity index (χ1v) is 11.4. The van der Waals surface area contributed by atoms with Gasteiger partial charge < -0.3 is 20.9 Å². The van der Waals surface area contributed by atoms with E-state index in [-0.39, 0.29) is 24.7 Å². The first kappa shape index (κ1) is 24.2.